The molecule has 11 nitrogen and oxygen atoms in total. The number of benzene rings is 2. The third kappa shape index (κ3) is 7.64. The number of aromatic nitrogens is 3. The van der Waals surface area contributed by atoms with Crippen LogP contribution in [0, 0.1) is 24.0 Å². The molecule has 0 aliphatic carbocycles. The average Bonchev–Trinajstić information content (AvgIpc) is 3.35. The summed E-state index contributed by atoms with van der Waals surface area (Å²) in [5.41, 5.74) is -0.623. The molecule has 4 heterocycles. The van der Waals surface area contributed by atoms with Crippen molar-refractivity contribution in [3.05, 3.63) is 58.1 Å². The molecule has 2 aliphatic heterocycles. The van der Waals surface area contributed by atoms with Gasteiger partial charge in [-0.1, -0.05) is 12.0 Å². The summed E-state index contributed by atoms with van der Waals surface area (Å²) in [4.78, 5) is 41.2. The molecule has 2 bridgehead atoms. The molecule has 0 saturated carbocycles. The summed E-state index contributed by atoms with van der Waals surface area (Å²) in [6.07, 6.45) is -1.03. The van der Waals surface area contributed by atoms with Crippen LogP contribution in [0.2, 0.25) is 0 Å². The number of aliphatic carboxylic acids is 2. The number of anilines is 1. The lowest BCUT2D eigenvalue weighted by atomic mass is 9.95. The van der Waals surface area contributed by atoms with Gasteiger partial charge in [-0.15, -0.1) is 6.42 Å². The maximum absolute atomic E-state index is 16.2. The number of halogens is 8. The molecule has 4 aromatic rings. The number of piperazine rings is 1. The lowest BCUT2D eigenvalue weighted by molar-refractivity contribution is -0.193. The number of phenolic OH excluding ortho intramolecular Hbond substituents is 1. The van der Waals surface area contributed by atoms with E-state index >= 15 is 4.39 Å². The minimum Gasteiger partial charge on any atom is -0.508 e. The standard InChI is InChI=1S/C26H21F2N5O2.2C2HF3O2/c1-3-17-20(27)7-4-13-8-16(34)9-18(21(13)17)23-22(28)24-19(10-29-23)25(31-26(35)32(24)2)33-11-14-5-6-15(12-33)30-14;2*3-2(4,5)1(6)7/h1,4,7-10,14-15,30,34H,5-6,11-12H2,2H3;2*(H,6,7)/t14-,15+;;. The number of carboxylic acid groups (broad SMARTS) is 2. The number of terminal acetylenes is 1. The lowest BCUT2D eigenvalue weighted by Crippen LogP contribution is -2.51. The molecule has 0 unspecified atom stereocenters. The van der Waals surface area contributed by atoms with E-state index in [0.717, 1.165) is 17.4 Å². The zero-order valence-electron chi connectivity index (χ0n) is 24.8. The number of hydrogen-bond donors (Lipinski definition) is 4. The number of nitrogens with zero attached hydrogens (tertiary/aromatic N) is 4. The minimum absolute atomic E-state index is 0.0334. The topological polar surface area (TPSA) is 158 Å². The van der Waals surface area contributed by atoms with E-state index in [1.54, 1.807) is 0 Å². The predicted octanol–water partition coefficient (Wildman–Crippen LogP) is 4.32. The number of phenols is 1. The molecule has 6 rings (SSSR count). The van der Waals surface area contributed by atoms with Crippen molar-refractivity contribution in [2.24, 2.45) is 7.05 Å². The van der Waals surface area contributed by atoms with E-state index in [-0.39, 0.29) is 33.5 Å². The lowest BCUT2D eigenvalue weighted by Gasteiger charge is -2.34. The number of aromatic hydroxyl groups is 1. The van der Waals surface area contributed by atoms with E-state index in [4.69, 9.17) is 26.2 Å². The van der Waals surface area contributed by atoms with E-state index in [1.165, 1.54) is 37.5 Å². The molecule has 2 atom stereocenters. The Kier molecular flexibility index (Phi) is 10.0. The van der Waals surface area contributed by atoms with Gasteiger partial charge >= 0.3 is 30.0 Å². The van der Waals surface area contributed by atoms with E-state index in [9.17, 15) is 40.6 Å². The Morgan fingerprint density at radius 3 is 2.06 bits per heavy atom. The zero-order valence-corrected chi connectivity index (χ0v) is 24.8. The van der Waals surface area contributed by atoms with Crippen LogP contribution in [0.4, 0.5) is 40.9 Å². The van der Waals surface area contributed by atoms with Crippen LogP contribution in [0.1, 0.15) is 18.4 Å². The fraction of sp³-hybridized carbons (Fsp3) is 0.300. The summed E-state index contributed by atoms with van der Waals surface area (Å²) in [6, 6.07) is 5.98. The van der Waals surface area contributed by atoms with Gasteiger partial charge in [-0.3, -0.25) is 9.55 Å². The number of aryl methyl sites for hydroxylation is 1. The maximum atomic E-state index is 16.2. The number of carboxylic acids is 2. The summed E-state index contributed by atoms with van der Waals surface area (Å²) in [5, 5.41) is 29.2. The van der Waals surface area contributed by atoms with Gasteiger partial charge in [-0.2, -0.15) is 31.3 Å². The number of hydrogen-bond acceptors (Lipinski definition) is 8. The van der Waals surface area contributed by atoms with Crippen LogP contribution < -0.4 is 15.9 Å². The van der Waals surface area contributed by atoms with Gasteiger partial charge in [0, 0.05) is 49.4 Å². The zero-order chi connectivity index (χ0) is 36.6. The Morgan fingerprint density at radius 2 is 1.55 bits per heavy atom. The summed E-state index contributed by atoms with van der Waals surface area (Å²) in [7, 11) is 1.45. The average molecular weight is 702 g/mol. The molecule has 49 heavy (non-hydrogen) atoms. The Morgan fingerprint density at radius 1 is 1.00 bits per heavy atom. The monoisotopic (exact) mass is 701 g/mol. The van der Waals surface area contributed by atoms with Gasteiger partial charge in [0.05, 0.1) is 16.5 Å². The maximum Gasteiger partial charge on any atom is 0.490 e. The first-order chi connectivity index (χ1) is 22.7. The van der Waals surface area contributed by atoms with E-state index < -0.39 is 41.6 Å². The second kappa shape index (κ2) is 13.5. The number of rotatable bonds is 2. The molecule has 2 aliphatic rings. The molecule has 4 N–H and O–H groups in total. The molecule has 260 valence electrons. The van der Waals surface area contributed by atoms with Crippen LogP contribution in [0.25, 0.3) is 32.9 Å². The highest BCUT2D eigenvalue weighted by Gasteiger charge is 2.39. The first kappa shape index (κ1) is 36.3. The van der Waals surface area contributed by atoms with Gasteiger partial charge in [0.1, 0.15) is 23.1 Å². The summed E-state index contributed by atoms with van der Waals surface area (Å²) < 4.78 is 95.3. The Labute approximate surface area is 269 Å². The molecule has 0 radical (unpaired) electrons. The second-order valence-electron chi connectivity index (χ2n) is 10.8. The minimum atomic E-state index is -5.08. The van der Waals surface area contributed by atoms with E-state index in [1.807, 2.05) is 4.90 Å². The normalized spacial score (nSPS) is 17.1. The summed E-state index contributed by atoms with van der Waals surface area (Å²) >= 11 is 0. The highest BCUT2D eigenvalue weighted by Crippen LogP contribution is 2.38. The number of pyridine rings is 1. The SMILES string of the molecule is C#Cc1c(F)ccc2cc(O)cc(-c3ncc4c(N5C[C@H]6CC[C@@H](C5)N6)nc(=O)n(C)c4c3F)c12.O=C(O)C(F)(F)F.O=C(O)C(F)(F)F. The van der Waals surface area contributed by atoms with Crippen molar-refractivity contribution < 1.29 is 60.0 Å². The van der Waals surface area contributed by atoms with Gasteiger partial charge in [0.2, 0.25) is 0 Å². The van der Waals surface area contributed by atoms with Crippen LogP contribution in [0.3, 0.4) is 0 Å². The van der Waals surface area contributed by atoms with Crippen molar-refractivity contribution in [2.75, 3.05) is 18.0 Å². The van der Waals surface area contributed by atoms with E-state index in [0.29, 0.717) is 41.8 Å². The number of nitrogens with one attached hydrogen (secondary N) is 1. The fourth-order valence-corrected chi connectivity index (χ4v) is 5.44. The number of carbonyl (C=O) groups is 2. The molecule has 0 amide bonds. The molecular weight excluding hydrogens is 678 g/mol. The van der Waals surface area contributed by atoms with Gasteiger partial charge in [-0.05, 0) is 36.4 Å². The van der Waals surface area contributed by atoms with Crippen LogP contribution >= 0.6 is 0 Å². The molecule has 2 aromatic heterocycles. The molecule has 2 aromatic carbocycles. The third-order valence-electron chi connectivity index (χ3n) is 7.51. The Bertz CT molecular complexity index is 2020. The van der Waals surface area contributed by atoms with Gasteiger partial charge < -0.3 is 25.5 Å². The molecular formula is C30H23F8N5O6. The molecule has 2 saturated heterocycles. The van der Waals surface area contributed by atoms with Gasteiger partial charge in [-0.25, -0.2) is 23.2 Å². The van der Waals surface area contributed by atoms with Crippen molar-refractivity contribution in [3.8, 4) is 29.4 Å². The molecule has 19 heteroatoms. The second-order valence-corrected chi connectivity index (χ2v) is 10.8. The van der Waals surface area contributed by atoms with Crippen LogP contribution in [-0.2, 0) is 16.6 Å². The van der Waals surface area contributed by atoms with Crippen LogP contribution in [-0.4, -0.2) is 79.3 Å². The first-order valence-electron chi connectivity index (χ1n) is 13.8. The number of alkyl halides is 6. The third-order valence-corrected chi connectivity index (χ3v) is 7.51. The summed E-state index contributed by atoms with van der Waals surface area (Å²) in [6.45, 7) is 1.33. The van der Waals surface area contributed by atoms with Crippen LogP contribution in [0.5, 0.6) is 5.75 Å². The summed E-state index contributed by atoms with van der Waals surface area (Å²) in [5.74, 6) is -4.35. The Hall–Kier alpha value is -5.51. The smallest absolute Gasteiger partial charge is 0.490 e. The van der Waals surface area contributed by atoms with Crippen molar-refractivity contribution in [1.29, 1.82) is 0 Å². The van der Waals surface area contributed by atoms with Crippen LogP contribution in [0.15, 0.2) is 35.3 Å². The van der Waals surface area contributed by atoms with Crippen molar-refractivity contribution in [2.45, 2.75) is 37.3 Å². The van der Waals surface area contributed by atoms with Crippen molar-refractivity contribution >= 4 is 39.4 Å². The fourth-order valence-electron chi connectivity index (χ4n) is 5.44. The molecule has 2 fully saturated rings. The predicted molar refractivity (Wildman–Crippen MR) is 157 cm³/mol. The highest BCUT2D eigenvalue weighted by molar-refractivity contribution is 6.03. The highest BCUT2D eigenvalue weighted by atomic mass is 19.4. The first-order valence-corrected chi connectivity index (χ1v) is 13.8. The van der Waals surface area contributed by atoms with Crippen molar-refractivity contribution in [3.63, 3.8) is 0 Å². The number of fused-ring (bicyclic) bond motifs is 4. The largest absolute Gasteiger partial charge is 0.508 e. The van der Waals surface area contributed by atoms with E-state index in [2.05, 4.69) is 21.2 Å². The van der Waals surface area contributed by atoms with Crippen molar-refractivity contribution in [1.82, 2.24) is 19.9 Å². The Balaban J connectivity index is 0.000000327. The quantitative estimate of drug-likeness (QED) is 0.175. The van der Waals surface area contributed by atoms with Gasteiger partial charge in [0.25, 0.3) is 0 Å². The molecule has 0 spiro atoms. The van der Waals surface area contributed by atoms with Gasteiger partial charge in [0.15, 0.2) is 5.82 Å².